The monoisotopic (exact) mass is 453 g/mol. The molecular weight excluding hydrogens is 418 g/mol. The van der Waals surface area contributed by atoms with Crippen molar-refractivity contribution in [3.05, 3.63) is 115 Å². The smallest absolute Gasteiger partial charge is 0.119 e. The molecule has 0 aliphatic heterocycles. The van der Waals surface area contributed by atoms with Crippen molar-refractivity contribution in [2.24, 2.45) is 0 Å². The van der Waals surface area contributed by atoms with Crippen LogP contribution in [-0.4, -0.2) is 20.3 Å². The van der Waals surface area contributed by atoms with Crippen molar-refractivity contribution >= 4 is 11.4 Å². The van der Waals surface area contributed by atoms with E-state index >= 15 is 0 Å². The summed E-state index contributed by atoms with van der Waals surface area (Å²) >= 11 is 0. The molecule has 0 unspecified atom stereocenters. The topological polar surface area (TPSA) is 21.7 Å². The van der Waals surface area contributed by atoms with E-state index in [1.807, 2.05) is 24.3 Å². The molecule has 0 radical (unpaired) electrons. The van der Waals surface area contributed by atoms with Crippen LogP contribution in [0.15, 0.2) is 109 Å². The largest absolute Gasteiger partial charge is 0.494 e. The van der Waals surface area contributed by atoms with Gasteiger partial charge in [0.1, 0.15) is 5.75 Å². The predicted molar refractivity (Wildman–Crippen MR) is 145 cm³/mol. The van der Waals surface area contributed by atoms with Crippen LogP contribution < -0.4 is 9.64 Å². The maximum absolute atomic E-state index is 5.78. The second-order valence-corrected chi connectivity index (χ2v) is 8.07. The molecule has 0 N–H and O–H groups in total. The molecule has 3 aromatic carbocycles. The molecule has 0 bridgehead atoms. The van der Waals surface area contributed by atoms with Crippen LogP contribution in [0.2, 0.25) is 0 Å². The van der Waals surface area contributed by atoms with E-state index in [1.165, 1.54) is 5.56 Å². The number of anilines is 2. The number of ether oxygens (including phenoxy) is 2. The van der Waals surface area contributed by atoms with Gasteiger partial charge in [-0.15, -0.1) is 0 Å². The molecule has 0 heterocycles. The molecule has 0 saturated carbocycles. The third-order valence-corrected chi connectivity index (χ3v) is 5.44. The number of benzene rings is 3. The van der Waals surface area contributed by atoms with Crippen LogP contribution in [0.4, 0.5) is 11.4 Å². The number of rotatable bonds is 12. The number of nitrogens with zero attached hydrogens (tertiary/aromatic N) is 1. The Hall–Kier alpha value is -3.56. The summed E-state index contributed by atoms with van der Waals surface area (Å²) in [7, 11) is 1.71. The molecule has 0 atom stereocenters. The van der Waals surface area contributed by atoms with Gasteiger partial charge in [0.25, 0.3) is 0 Å². The molecule has 0 fully saturated rings. The number of aryl methyl sites for hydroxylation is 1. The third kappa shape index (κ3) is 6.97. The highest BCUT2D eigenvalue weighted by Crippen LogP contribution is 2.33. The summed E-state index contributed by atoms with van der Waals surface area (Å²) in [4.78, 5) is 2.26. The van der Waals surface area contributed by atoms with Crippen molar-refractivity contribution in [2.75, 3.05) is 25.2 Å². The predicted octanol–water partition coefficient (Wildman–Crippen LogP) is 8.25. The number of allylic oxidation sites excluding steroid dienone is 4. The molecule has 0 spiro atoms. The number of methoxy groups -OCH3 is 1. The Kier molecular flexibility index (Phi) is 9.75. The maximum atomic E-state index is 5.78. The van der Waals surface area contributed by atoms with E-state index < -0.39 is 0 Å². The fourth-order valence-corrected chi connectivity index (χ4v) is 3.64. The Morgan fingerprint density at radius 2 is 1.44 bits per heavy atom. The summed E-state index contributed by atoms with van der Waals surface area (Å²) in [6.45, 7) is 9.54. The Balaban J connectivity index is 1.86. The van der Waals surface area contributed by atoms with E-state index in [9.17, 15) is 0 Å². The Morgan fingerprint density at radius 3 is 2.00 bits per heavy atom. The van der Waals surface area contributed by atoms with E-state index in [0.29, 0.717) is 13.2 Å². The molecule has 0 aromatic heterocycles. The lowest BCUT2D eigenvalue weighted by Gasteiger charge is -2.26. The summed E-state index contributed by atoms with van der Waals surface area (Å²) in [6.07, 6.45) is 10.1. The minimum atomic E-state index is 0.657. The molecule has 3 heteroatoms. The van der Waals surface area contributed by atoms with Gasteiger partial charge in [0.2, 0.25) is 0 Å². The SMILES string of the molecule is C=C/C=C(\C=C/CC)N(c1ccc(C)cc1)c1ccc(-c2ccc(OCCCOC)cc2)cc1. The highest BCUT2D eigenvalue weighted by molar-refractivity contribution is 5.74. The molecule has 0 aliphatic rings. The average Bonchev–Trinajstić information content (AvgIpc) is 2.87. The minimum Gasteiger partial charge on any atom is -0.494 e. The van der Waals surface area contributed by atoms with Gasteiger partial charge in [-0.2, -0.15) is 0 Å². The van der Waals surface area contributed by atoms with Gasteiger partial charge in [-0.3, -0.25) is 0 Å². The fourth-order valence-electron chi connectivity index (χ4n) is 3.64. The molecule has 3 aromatic rings. The summed E-state index contributed by atoms with van der Waals surface area (Å²) in [5.41, 5.74) is 6.84. The lowest BCUT2D eigenvalue weighted by molar-refractivity contribution is 0.172. The standard InChI is InChI=1S/C31H35NO2/c1-5-7-10-28(9-6-2)32(29-17-11-25(3)12-18-29)30-19-13-26(14-20-30)27-15-21-31(22-16-27)34-24-8-23-33-4/h6-7,9-22H,2,5,8,23-24H2,1,3-4H3/b10-7-,28-9+. The van der Waals surface area contributed by atoms with Crippen molar-refractivity contribution in [1.29, 1.82) is 0 Å². The molecule has 0 aliphatic carbocycles. The van der Waals surface area contributed by atoms with Gasteiger partial charge in [-0.25, -0.2) is 0 Å². The lowest BCUT2D eigenvalue weighted by Crippen LogP contribution is -2.15. The lowest BCUT2D eigenvalue weighted by atomic mass is 10.0. The summed E-state index contributed by atoms with van der Waals surface area (Å²) in [6, 6.07) is 25.5. The first-order valence-electron chi connectivity index (χ1n) is 11.8. The van der Waals surface area contributed by atoms with Gasteiger partial charge >= 0.3 is 0 Å². The second-order valence-electron chi connectivity index (χ2n) is 8.07. The zero-order valence-electron chi connectivity index (χ0n) is 20.5. The zero-order valence-corrected chi connectivity index (χ0v) is 20.5. The van der Waals surface area contributed by atoms with Crippen LogP contribution in [0, 0.1) is 6.92 Å². The molecule has 0 amide bonds. The summed E-state index contributed by atoms with van der Waals surface area (Å²) < 4.78 is 10.8. The van der Waals surface area contributed by atoms with Crippen molar-refractivity contribution in [1.82, 2.24) is 0 Å². The first kappa shape index (κ1) is 25.1. The van der Waals surface area contributed by atoms with Gasteiger partial charge in [0.05, 0.1) is 6.61 Å². The molecule has 0 saturated heterocycles. The zero-order chi connectivity index (χ0) is 24.2. The molecule has 3 rings (SSSR count). The molecule has 34 heavy (non-hydrogen) atoms. The Labute approximate surface area is 204 Å². The van der Waals surface area contributed by atoms with Gasteiger partial charge in [-0.05, 0) is 73.0 Å². The third-order valence-electron chi connectivity index (χ3n) is 5.44. The molecule has 3 nitrogen and oxygen atoms in total. The van der Waals surface area contributed by atoms with Gasteiger partial charge in [-0.1, -0.05) is 67.6 Å². The van der Waals surface area contributed by atoms with E-state index in [0.717, 1.165) is 46.8 Å². The average molecular weight is 454 g/mol. The van der Waals surface area contributed by atoms with E-state index in [2.05, 4.69) is 98.1 Å². The van der Waals surface area contributed by atoms with Crippen LogP contribution >= 0.6 is 0 Å². The Morgan fingerprint density at radius 1 is 0.853 bits per heavy atom. The maximum Gasteiger partial charge on any atom is 0.119 e. The van der Waals surface area contributed by atoms with E-state index in [-0.39, 0.29) is 0 Å². The van der Waals surface area contributed by atoms with Crippen molar-refractivity contribution in [2.45, 2.75) is 26.7 Å². The van der Waals surface area contributed by atoms with Crippen LogP contribution in [-0.2, 0) is 4.74 Å². The number of hydrogen-bond acceptors (Lipinski definition) is 3. The second kappa shape index (κ2) is 13.2. The minimum absolute atomic E-state index is 0.657. The summed E-state index contributed by atoms with van der Waals surface area (Å²) in [5, 5.41) is 0. The Bertz CT molecular complexity index is 1080. The normalized spacial score (nSPS) is 11.6. The highest BCUT2D eigenvalue weighted by Gasteiger charge is 2.13. The molecular formula is C31H35NO2. The van der Waals surface area contributed by atoms with Crippen molar-refractivity contribution in [3.8, 4) is 16.9 Å². The number of hydrogen-bond donors (Lipinski definition) is 0. The molecule has 176 valence electrons. The van der Waals surface area contributed by atoms with Gasteiger partial charge in [0, 0.05) is 37.2 Å². The highest BCUT2D eigenvalue weighted by atomic mass is 16.5. The van der Waals surface area contributed by atoms with Crippen LogP contribution in [0.5, 0.6) is 5.75 Å². The van der Waals surface area contributed by atoms with Crippen LogP contribution in [0.3, 0.4) is 0 Å². The summed E-state index contributed by atoms with van der Waals surface area (Å²) in [5.74, 6) is 0.879. The van der Waals surface area contributed by atoms with Gasteiger partial charge < -0.3 is 14.4 Å². The first-order chi connectivity index (χ1) is 16.7. The quantitative estimate of drug-likeness (QED) is 0.203. The van der Waals surface area contributed by atoms with Gasteiger partial charge in [0.15, 0.2) is 0 Å². The van der Waals surface area contributed by atoms with Crippen LogP contribution in [0.1, 0.15) is 25.3 Å². The van der Waals surface area contributed by atoms with E-state index in [1.54, 1.807) is 7.11 Å². The first-order valence-corrected chi connectivity index (χ1v) is 11.8. The van der Waals surface area contributed by atoms with Crippen LogP contribution in [0.25, 0.3) is 11.1 Å². The van der Waals surface area contributed by atoms with Crippen molar-refractivity contribution < 1.29 is 9.47 Å². The fraction of sp³-hybridized carbons (Fsp3) is 0.226. The van der Waals surface area contributed by atoms with Crippen molar-refractivity contribution in [3.63, 3.8) is 0 Å². The van der Waals surface area contributed by atoms with E-state index in [4.69, 9.17) is 9.47 Å².